The van der Waals surface area contributed by atoms with Gasteiger partial charge in [0.1, 0.15) is 0 Å². The molecule has 1 saturated carbocycles. The number of thiazole rings is 1. The van der Waals surface area contributed by atoms with Crippen LogP contribution in [0.2, 0.25) is 0 Å². The number of nitrogens with one attached hydrogen (secondary N) is 1. The van der Waals surface area contributed by atoms with Crippen molar-refractivity contribution in [2.75, 3.05) is 20.1 Å². The number of aryl methyl sites for hydroxylation is 1. The number of hydrogen-bond acceptors (Lipinski definition) is 3. The van der Waals surface area contributed by atoms with Crippen LogP contribution in [0.15, 0.2) is 10.4 Å². The fourth-order valence-corrected chi connectivity index (χ4v) is 4.42. The summed E-state index contributed by atoms with van der Waals surface area (Å²) in [5.41, 5.74) is 1.13. The highest BCUT2D eigenvalue weighted by Crippen LogP contribution is 2.35. The van der Waals surface area contributed by atoms with Gasteiger partial charge in [0.15, 0.2) is 5.96 Å². The SMILES string of the molecule is CCc1nc(CNC(=NC)N2CC3CCCCC3C2)cs1.I. The van der Waals surface area contributed by atoms with Crippen LogP contribution >= 0.6 is 35.3 Å². The number of halogens is 1. The Morgan fingerprint density at radius 1 is 1.36 bits per heavy atom. The molecule has 2 fully saturated rings. The third-order valence-electron chi connectivity index (χ3n) is 4.82. The third-order valence-corrected chi connectivity index (χ3v) is 5.86. The van der Waals surface area contributed by atoms with Crippen LogP contribution in [0.5, 0.6) is 0 Å². The smallest absolute Gasteiger partial charge is 0.193 e. The van der Waals surface area contributed by atoms with Crippen molar-refractivity contribution in [2.45, 2.75) is 45.6 Å². The highest BCUT2D eigenvalue weighted by atomic mass is 127. The van der Waals surface area contributed by atoms with Gasteiger partial charge in [0.25, 0.3) is 0 Å². The number of hydrogen-bond donors (Lipinski definition) is 1. The summed E-state index contributed by atoms with van der Waals surface area (Å²) < 4.78 is 0. The van der Waals surface area contributed by atoms with E-state index in [0.29, 0.717) is 0 Å². The monoisotopic (exact) mass is 434 g/mol. The molecular weight excluding hydrogens is 407 g/mol. The lowest BCUT2D eigenvalue weighted by Gasteiger charge is -2.22. The number of fused-ring (bicyclic) bond motifs is 1. The molecule has 124 valence electrons. The van der Waals surface area contributed by atoms with Crippen molar-refractivity contribution >= 4 is 41.3 Å². The second-order valence-electron chi connectivity index (χ2n) is 6.20. The Labute approximate surface area is 154 Å². The third kappa shape index (κ3) is 4.13. The summed E-state index contributed by atoms with van der Waals surface area (Å²) in [5.74, 6) is 2.84. The van der Waals surface area contributed by atoms with Crippen molar-refractivity contribution in [3.8, 4) is 0 Å². The number of aromatic nitrogens is 1. The fraction of sp³-hybridized carbons (Fsp3) is 0.750. The Balaban J connectivity index is 0.00000176. The van der Waals surface area contributed by atoms with Gasteiger partial charge in [-0.3, -0.25) is 4.99 Å². The van der Waals surface area contributed by atoms with Crippen LogP contribution in [-0.4, -0.2) is 36.0 Å². The van der Waals surface area contributed by atoms with Crippen molar-refractivity contribution < 1.29 is 0 Å². The lowest BCUT2D eigenvalue weighted by molar-refractivity contribution is 0.299. The topological polar surface area (TPSA) is 40.5 Å². The summed E-state index contributed by atoms with van der Waals surface area (Å²) in [6, 6.07) is 0. The van der Waals surface area contributed by atoms with Gasteiger partial charge in [0.2, 0.25) is 0 Å². The van der Waals surface area contributed by atoms with E-state index in [2.05, 4.69) is 32.5 Å². The quantitative estimate of drug-likeness (QED) is 0.450. The first-order valence-electron chi connectivity index (χ1n) is 8.19. The van der Waals surface area contributed by atoms with Crippen molar-refractivity contribution in [3.05, 3.63) is 16.1 Å². The summed E-state index contributed by atoms with van der Waals surface area (Å²) in [6.07, 6.45) is 6.67. The maximum absolute atomic E-state index is 4.62. The Hall–Kier alpha value is -0.370. The van der Waals surface area contributed by atoms with Gasteiger partial charge in [-0.2, -0.15) is 0 Å². The van der Waals surface area contributed by atoms with Crippen LogP contribution in [0.4, 0.5) is 0 Å². The van der Waals surface area contributed by atoms with Gasteiger partial charge in [0, 0.05) is 25.5 Å². The largest absolute Gasteiger partial charge is 0.351 e. The first-order chi connectivity index (χ1) is 10.3. The van der Waals surface area contributed by atoms with Gasteiger partial charge in [-0.05, 0) is 31.1 Å². The number of likely N-dealkylation sites (tertiary alicyclic amines) is 1. The molecule has 0 spiro atoms. The van der Waals surface area contributed by atoms with Crippen molar-refractivity contribution in [1.29, 1.82) is 0 Å². The number of nitrogens with zero attached hydrogens (tertiary/aromatic N) is 3. The Bertz CT molecular complexity index is 488. The molecule has 1 aromatic heterocycles. The maximum Gasteiger partial charge on any atom is 0.193 e. The lowest BCUT2D eigenvalue weighted by Crippen LogP contribution is -2.39. The van der Waals surface area contributed by atoms with Gasteiger partial charge in [0.05, 0.1) is 17.2 Å². The predicted molar refractivity (Wildman–Crippen MR) is 104 cm³/mol. The molecule has 0 bridgehead atoms. The summed E-state index contributed by atoms with van der Waals surface area (Å²) >= 11 is 1.75. The number of aliphatic imine (C=N–C) groups is 1. The highest BCUT2D eigenvalue weighted by Gasteiger charge is 2.35. The van der Waals surface area contributed by atoms with E-state index < -0.39 is 0 Å². The molecule has 1 saturated heterocycles. The molecule has 2 unspecified atom stereocenters. The molecule has 2 atom stereocenters. The average Bonchev–Trinajstić information content (AvgIpc) is 3.14. The molecule has 1 N–H and O–H groups in total. The number of rotatable bonds is 3. The van der Waals surface area contributed by atoms with Gasteiger partial charge in [-0.1, -0.05) is 19.8 Å². The van der Waals surface area contributed by atoms with Crippen molar-refractivity contribution in [1.82, 2.24) is 15.2 Å². The minimum Gasteiger partial charge on any atom is -0.351 e. The van der Waals surface area contributed by atoms with Crippen LogP contribution in [-0.2, 0) is 13.0 Å². The van der Waals surface area contributed by atoms with Crippen molar-refractivity contribution in [2.24, 2.45) is 16.8 Å². The molecule has 0 radical (unpaired) electrons. The van der Waals surface area contributed by atoms with Crippen LogP contribution < -0.4 is 5.32 Å². The molecule has 0 amide bonds. The van der Waals surface area contributed by atoms with E-state index in [9.17, 15) is 0 Å². The van der Waals surface area contributed by atoms with E-state index in [1.165, 1.54) is 43.8 Å². The van der Waals surface area contributed by atoms with Crippen molar-refractivity contribution in [3.63, 3.8) is 0 Å². The summed E-state index contributed by atoms with van der Waals surface area (Å²) in [4.78, 5) is 11.5. The van der Waals surface area contributed by atoms with Gasteiger partial charge in [-0.25, -0.2) is 4.98 Å². The normalized spacial score (nSPS) is 24.8. The Morgan fingerprint density at radius 2 is 2.05 bits per heavy atom. The summed E-state index contributed by atoms with van der Waals surface area (Å²) in [6.45, 7) is 5.30. The molecule has 0 aromatic carbocycles. The molecule has 1 aromatic rings. The maximum atomic E-state index is 4.62. The van der Waals surface area contributed by atoms with E-state index in [0.717, 1.165) is 36.5 Å². The minimum absolute atomic E-state index is 0. The molecule has 2 heterocycles. The van der Waals surface area contributed by atoms with Gasteiger partial charge < -0.3 is 10.2 Å². The van der Waals surface area contributed by atoms with E-state index in [1.807, 2.05) is 7.05 Å². The summed E-state index contributed by atoms with van der Waals surface area (Å²) in [5, 5.41) is 6.87. The lowest BCUT2D eigenvalue weighted by atomic mass is 9.82. The van der Waals surface area contributed by atoms with E-state index in [-0.39, 0.29) is 24.0 Å². The van der Waals surface area contributed by atoms with Gasteiger partial charge in [-0.15, -0.1) is 35.3 Å². The van der Waals surface area contributed by atoms with E-state index in [1.54, 1.807) is 11.3 Å². The molecule has 22 heavy (non-hydrogen) atoms. The van der Waals surface area contributed by atoms with Crippen LogP contribution in [0, 0.1) is 11.8 Å². The molecule has 2 aliphatic rings. The minimum atomic E-state index is 0. The first kappa shape index (κ1) is 18.0. The van der Waals surface area contributed by atoms with E-state index >= 15 is 0 Å². The van der Waals surface area contributed by atoms with Crippen LogP contribution in [0.1, 0.15) is 43.3 Å². The number of guanidine groups is 1. The predicted octanol–water partition coefficient (Wildman–Crippen LogP) is 3.52. The molecule has 3 rings (SSSR count). The Morgan fingerprint density at radius 3 is 2.59 bits per heavy atom. The fourth-order valence-electron chi connectivity index (χ4n) is 3.67. The molecular formula is C16H27IN4S. The second kappa shape index (κ2) is 8.47. The van der Waals surface area contributed by atoms with E-state index in [4.69, 9.17) is 0 Å². The zero-order chi connectivity index (χ0) is 14.7. The van der Waals surface area contributed by atoms with Gasteiger partial charge >= 0.3 is 0 Å². The molecule has 1 aliphatic carbocycles. The zero-order valence-corrected chi connectivity index (χ0v) is 16.7. The first-order valence-corrected chi connectivity index (χ1v) is 9.07. The zero-order valence-electron chi connectivity index (χ0n) is 13.5. The molecule has 6 heteroatoms. The average molecular weight is 434 g/mol. The highest BCUT2D eigenvalue weighted by molar-refractivity contribution is 14.0. The Kier molecular flexibility index (Phi) is 6.92. The second-order valence-corrected chi connectivity index (χ2v) is 7.14. The standard InChI is InChI=1S/C16H26N4S.HI/c1-3-15-19-14(11-21-15)8-18-16(17-2)20-9-12-6-4-5-7-13(12)10-20;/h11-13H,3-10H2,1-2H3,(H,17,18);1H. The summed E-state index contributed by atoms with van der Waals surface area (Å²) in [7, 11) is 1.89. The van der Waals surface area contributed by atoms with Crippen LogP contribution in [0.3, 0.4) is 0 Å². The molecule has 4 nitrogen and oxygen atoms in total. The van der Waals surface area contributed by atoms with Crippen LogP contribution in [0.25, 0.3) is 0 Å². The molecule has 1 aliphatic heterocycles.